The third kappa shape index (κ3) is 2.39. The molecule has 5 nitrogen and oxygen atoms in total. The van der Waals surface area contributed by atoms with Crippen LogP contribution in [0.4, 0.5) is 5.69 Å². The first-order valence-electron chi connectivity index (χ1n) is 4.82. The molecule has 0 unspecified atom stereocenters. The van der Waals surface area contributed by atoms with Gasteiger partial charge in [0, 0.05) is 5.56 Å². The summed E-state index contributed by atoms with van der Waals surface area (Å²) in [6.45, 7) is 1.90. The molecule has 0 fully saturated rings. The van der Waals surface area contributed by atoms with Gasteiger partial charge in [-0.3, -0.25) is 10.1 Å². The molecule has 0 saturated heterocycles. The molecule has 0 aliphatic carbocycles. The van der Waals surface area contributed by atoms with Gasteiger partial charge in [0.15, 0.2) is 5.69 Å². The Hall–Kier alpha value is -2.01. The number of aryl methyl sites for hydroxylation is 1. The highest BCUT2D eigenvalue weighted by molar-refractivity contribution is 6.28. The zero-order valence-corrected chi connectivity index (χ0v) is 9.68. The van der Waals surface area contributed by atoms with Gasteiger partial charge in [0.25, 0.3) is 0 Å². The van der Waals surface area contributed by atoms with Gasteiger partial charge in [-0.05, 0) is 24.6 Å². The van der Waals surface area contributed by atoms with Crippen molar-refractivity contribution in [2.75, 3.05) is 0 Å². The highest BCUT2D eigenvalue weighted by atomic mass is 35.5. The van der Waals surface area contributed by atoms with E-state index in [-0.39, 0.29) is 16.7 Å². The maximum Gasteiger partial charge on any atom is 0.313 e. The molecule has 1 aromatic heterocycles. The number of hydrogen-bond acceptors (Lipinski definition) is 4. The monoisotopic (exact) mass is 249 g/mol. The van der Waals surface area contributed by atoms with Crippen LogP contribution in [0.3, 0.4) is 0 Å². The standard InChI is InChI=1S/C11H8ClN3O2/c1-7-3-2-4-8(5-7)10-9(15(16)17)6-13-11(12)14-10/h2-6H,1H3. The van der Waals surface area contributed by atoms with E-state index in [1.807, 2.05) is 25.1 Å². The molecule has 0 spiro atoms. The van der Waals surface area contributed by atoms with Crippen LogP contribution in [0.2, 0.25) is 5.28 Å². The van der Waals surface area contributed by atoms with E-state index in [2.05, 4.69) is 9.97 Å². The molecule has 0 bridgehead atoms. The van der Waals surface area contributed by atoms with Gasteiger partial charge < -0.3 is 0 Å². The fraction of sp³-hybridized carbons (Fsp3) is 0.0909. The Morgan fingerprint density at radius 3 is 2.82 bits per heavy atom. The minimum absolute atomic E-state index is 0.00731. The number of halogens is 1. The van der Waals surface area contributed by atoms with E-state index in [0.717, 1.165) is 11.8 Å². The van der Waals surface area contributed by atoms with Gasteiger partial charge in [-0.2, -0.15) is 0 Å². The van der Waals surface area contributed by atoms with Crippen LogP contribution in [-0.4, -0.2) is 14.9 Å². The topological polar surface area (TPSA) is 68.9 Å². The minimum atomic E-state index is -0.520. The lowest BCUT2D eigenvalue weighted by Crippen LogP contribution is -1.97. The predicted octanol–water partition coefficient (Wildman–Crippen LogP) is 3.01. The number of benzene rings is 1. The summed E-state index contributed by atoms with van der Waals surface area (Å²) in [5.74, 6) is 0. The molecule has 1 heterocycles. The third-order valence-electron chi connectivity index (χ3n) is 2.23. The summed E-state index contributed by atoms with van der Waals surface area (Å²) in [5, 5.41) is 10.9. The summed E-state index contributed by atoms with van der Waals surface area (Å²) in [6, 6.07) is 7.27. The minimum Gasteiger partial charge on any atom is -0.258 e. The first kappa shape index (κ1) is 11.5. The van der Waals surface area contributed by atoms with Gasteiger partial charge in [0.05, 0.1) is 4.92 Å². The SMILES string of the molecule is Cc1cccc(-c2nc(Cl)ncc2[N+](=O)[O-])c1. The fourth-order valence-corrected chi connectivity index (χ4v) is 1.63. The number of aromatic nitrogens is 2. The summed E-state index contributed by atoms with van der Waals surface area (Å²) < 4.78 is 0. The van der Waals surface area contributed by atoms with Crippen molar-refractivity contribution >= 4 is 17.3 Å². The molecule has 0 N–H and O–H groups in total. The molecular formula is C11H8ClN3O2. The van der Waals surface area contributed by atoms with Crippen molar-refractivity contribution < 1.29 is 4.92 Å². The molecule has 0 radical (unpaired) electrons. The number of nitrogens with zero attached hydrogens (tertiary/aromatic N) is 3. The van der Waals surface area contributed by atoms with Crippen molar-refractivity contribution in [3.8, 4) is 11.3 Å². The third-order valence-corrected chi connectivity index (χ3v) is 2.41. The van der Waals surface area contributed by atoms with Crippen LogP contribution in [0.1, 0.15) is 5.56 Å². The van der Waals surface area contributed by atoms with E-state index in [0.29, 0.717) is 5.56 Å². The number of rotatable bonds is 2. The van der Waals surface area contributed by atoms with Crippen LogP contribution in [0.15, 0.2) is 30.5 Å². The zero-order chi connectivity index (χ0) is 12.4. The Kier molecular flexibility index (Phi) is 3.01. The molecule has 0 saturated carbocycles. The van der Waals surface area contributed by atoms with Crippen LogP contribution in [0, 0.1) is 17.0 Å². The van der Waals surface area contributed by atoms with Crippen molar-refractivity contribution in [2.45, 2.75) is 6.92 Å². The van der Waals surface area contributed by atoms with Gasteiger partial charge in [0.2, 0.25) is 5.28 Å². The van der Waals surface area contributed by atoms with E-state index in [4.69, 9.17) is 11.6 Å². The summed E-state index contributed by atoms with van der Waals surface area (Å²) >= 11 is 5.67. The molecule has 0 aliphatic rings. The molecule has 0 amide bonds. The van der Waals surface area contributed by atoms with Gasteiger partial charge in [-0.1, -0.05) is 23.8 Å². The largest absolute Gasteiger partial charge is 0.313 e. The second kappa shape index (κ2) is 4.47. The van der Waals surface area contributed by atoms with Gasteiger partial charge >= 0.3 is 5.69 Å². The smallest absolute Gasteiger partial charge is 0.258 e. The summed E-state index contributed by atoms with van der Waals surface area (Å²) in [7, 11) is 0. The van der Waals surface area contributed by atoms with Crippen LogP contribution in [0.25, 0.3) is 11.3 Å². The van der Waals surface area contributed by atoms with Crippen LogP contribution in [-0.2, 0) is 0 Å². The molecule has 6 heteroatoms. The highest BCUT2D eigenvalue weighted by Crippen LogP contribution is 2.28. The average Bonchev–Trinajstić information content (AvgIpc) is 2.28. The second-order valence-electron chi connectivity index (χ2n) is 3.50. The Bertz CT molecular complexity index is 587. The lowest BCUT2D eigenvalue weighted by molar-refractivity contribution is -0.384. The van der Waals surface area contributed by atoms with Crippen molar-refractivity contribution in [3.05, 3.63) is 51.4 Å². The molecule has 17 heavy (non-hydrogen) atoms. The Morgan fingerprint density at radius 1 is 1.41 bits per heavy atom. The summed E-state index contributed by atoms with van der Waals surface area (Å²) in [6.07, 6.45) is 1.12. The fourth-order valence-electron chi connectivity index (χ4n) is 1.49. The first-order chi connectivity index (χ1) is 8.08. The highest BCUT2D eigenvalue weighted by Gasteiger charge is 2.18. The maximum atomic E-state index is 10.9. The second-order valence-corrected chi connectivity index (χ2v) is 3.84. The van der Waals surface area contributed by atoms with Crippen molar-refractivity contribution in [1.29, 1.82) is 0 Å². The van der Waals surface area contributed by atoms with E-state index in [9.17, 15) is 10.1 Å². The molecule has 86 valence electrons. The van der Waals surface area contributed by atoms with Crippen molar-refractivity contribution in [3.63, 3.8) is 0 Å². The first-order valence-corrected chi connectivity index (χ1v) is 5.19. The van der Waals surface area contributed by atoms with E-state index < -0.39 is 4.92 Å². The lowest BCUT2D eigenvalue weighted by atomic mass is 10.1. The summed E-state index contributed by atoms with van der Waals surface area (Å²) in [5.41, 5.74) is 1.73. The maximum absolute atomic E-state index is 10.9. The molecule has 2 rings (SSSR count). The Labute approximate surface area is 102 Å². The molecule has 0 atom stereocenters. The Morgan fingerprint density at radius 2 is 2.18 bits per heavy atom. The number of hydrogen-bond donors (Lipinski definition) is 0. The molecular weight excluding hydrogens is 242 g/mol. The predicted molar refractivity (Wildman–Crippen MR) is 63.9 cm³/mol. The van der Waals surface area contributed by atoms with Crippen molar-refractivity contribution in [1.82, 2.24) is 9.97 Å². The molecule has 0 aliphatic heterocycles. The van der Waals surface area contributed by atoms with Crippen LogP contribution in [0.5, 0.6) is 0 Å². The molecule has 1 aromatic carbocycles. The van der Waals surface area contributed by atoms with Crippen molar-refractivity contribution in [2.24, 2.45) is 0 Å². The zero-order valence-electron chi connectivity index (χ0n) is 8.92. The normalized spacial score (nSPS) is 10.2. The molecule has 2 aromatic rings. The summed E-state index contributed by atoms with van der Waals surface area (Å²) in [4.78, 5) is 17.9. The average molecular weight is 250 g/mol. The Balaban J connectivity index is 2.65. The lowest BCUT2D eigenvalue weighted by Gasteiger charge is -2.03. The van der Waals surface area contributed by atoms with Gasteiger partial charge in [-0.25, -0.2) is 9.97 Å². The van der Waals surface area contributed by atoms with E-state index in [1.165, 1.54) is 0 Å². The number of nitro groups is 1. The quantitative estimate of drug-likeness (QED) is 0.466. The van der Waals surface area contributed by atoms with Gasteiger partial charge in [-0.15, -0.1) is 0 Å². The van der Waals surface area contributed by atoms with Crippen LogP contribution < -0.4 is 0 Å². The van der Waals surface area contributed by atoms with E-state index >= 15 is 0 Å². The van der Waals surface area contributed by atoms with Crippen LogP contribution >= 0.6 is 11.6 Å². The van der Waals surface area contributed by atoms with Gasteiger partial charge in [0.1, 0.15) is 6.20 Å². The van der Waals surface area contributed by atoms with E-state index in [1.54, 1.807) is 6.07 Å².